The van der Waals surface area contributed by atoms with Crippen LogP contribution in [0.25, 0.3) is 10.2 Å². The molecule has 136 valence electrons. The lowest BCUT2D eigenvalue weighted by Crippen LogP contribution is -2.31. The molecule has 3 heterocycles. The molecule has 0 N–H and O–H groups in total. The van der Waals surface area contributed by atoms with Gasteiger partial charge in [-0.25, -0.2) is 4.98 Å². The molecule has 0 atom stereocenters. The van der Waals surface area contributed by atoms with Gasteiger partial charge in [-0.3, -0.25) is 9.59 Å². The number of rotatable bonds is 2. The summed E-state index contributed by atoms with van der Waals surface area (Å²) in [4.78, 5) is 34.1. The van der Waals surface area contributed by atoms with Gasteiger partial charge in [0.05, 0.1) is 11.1 Å². The van der Waals surface area contributed by atoms with E-state index >= 15 is 0 Å². The zero-order valence-electron chi connectivity index (χ0n) is 14.9. The van der Waals surface area contributed by atoms with Gasteiger partial charge in [-0.05, 0) is 44.2 Å². The first-order valence-electron chi connectivity index (χ1n) is 9.21. The average Bonchev–Trinajstić information content (AvgIpc) is 3.19. The third-order valence-electron chi connectivity index (χ3n) is 5.28. The zero-order valence-corrected chi connectivity index (χ0v) is 15.8. The molecule has 3 aromatic rings. The molecule has 2 aliphatic rings. The van der Waals surface area contributed by atoms with Gasteiger partial charge in [-0.15, -0.1) is 11.3 Å². The molecule has 1 aliphatic heterocycles. The van der Waals surface area contributed by atoms with Crippen LogP contribution in [0.15, 0.2) is 40.5 Å². The van der Waals surface area contributed by atoms with Gasteiger partial charge in [-0.1, -0.05) is 18.2 Å². The van der Waals surface area contributed by atoms with Crippen LogP contribution in [0.3, 0.4) is 0 Å². The fraction of sp³-hybridized carbons (Fsp3) is 0.300. The number of carbonyl (C=O) groups is 1. The van der Waals surface area contributed by atoms with Gasteiger partial charge in [0.2, 0.25) is 0 Å². The van der Waals surface area contributed by atoms with Crippen LogP contribution in [0.5, 0.6) is 0 Å². The summed E-state index contributed by atoms with van der Waals surface area (Å²) in [7, 11) is 0. The molecule has 0 bridgehead atoms. The molecule has 7 heteroatoms. The van der Waals surface area contributed by atoms with Crippen molar-refractivity contribution in [2.24, 2.45) is 5.10 Å². The maximum absolute atomic E-state index is 13.1. The summed E-state index contributed by atoms with van der Waals surface area (Å²) in [6, 6.07) is 7.54. The first-order chi connectivity index (χ1) is 13.2. The second kappa shape index (κ2) is 6.13. The minimum atomic E-state index is -0.188. The largest absolute Gasteiger partial charge is 0.307 e. The summed E-state index contributed by atoms with van der Waals surface area (Å²) >= 11 is 1.61. The second-order valence-corrected chi connectivity index (χ2v) is 7.88. The van der Waals surface area contributed by atoms with Crippen LogP contribution in [-0.2, 0) is 17.6 Å². The van der Waals surface area contributed by atoms with Crippen molar-refractivity contribution in [1.29, 1.82) is 0 Å². The molecule has 27 heavy (non-hydrogen) atoms. The number of aryl methyl sites for hydroxylation is 2. The van der Waals surface area contributed by atoms with E-state index in [4.69, 9.17) is 0 Å². The highest BCUT2D eigenvalue weighted by atomic mass is 32.1. The Balaban J connectivity index is 1.70. The van der Waals surface area contributed by atoms with Crippen LogP contribution in [0.1, 0.15) is 35.8 Å². The number of carbonyl (C=O) groups excluding carboxylic acids is 1. The molecule has 5 rings (SSSR count). The van der Waals surface area contributed by atoms with Crippen molar-refractivity contribution in [3.63, 3.8) is 0 Å². The third kappa shape index (κ3) is 2.38. The standard InChI is InChI=1S/C20H18N4O2S/c1-2-23-14-9-5-3-7-12(14)17(20(23)26)22-24-11-21-18-16(19(24)25)13-8-4-6-10-15(13)27-18/h3,5,7,9,11H,2,4,6,8,10H2,1H3/b22-17-. The predicted molar refractivity (Wildman–Crippen MR) is 107 cm³/mol. The Bertz CT molecular complexity index is 1170. The Morgan fingerprint density at radius 2 is 2.00 bits per heavy atom. The monoisotopic (exact) mass is 378 g/mol. The van der Waals surface area contributed by atoms with Crippen LogP contribution in [0.4, 0.5) is 5.69 Å². The molecule has 1 aliphatic carbocycles. The van der Waals surface area contributed by atoms with Crippen LogP contribution in [0, 0.1) is 0 Å². The number of benzene rings is 1. The Morgan fingerprint density at radius 3 is 2.85 bits per heavy atom. The van der Waals surface area contributed by atoms with E-state index in [9.17, 15) is 9.59 Å². The minimum Gasteiger partial charge on any atom is -0.307 e. The summed E-state index contributed by atoms with van der Waals surface area (Å²) in [6.45, 7) is 2.48. The molecular formula is C20H18N4O2S. The van der Waals surface area contributed by atoms with E-state index in [2.05, 4.69) is 10.1 Å². The van der Waals surface area contributed by atoms with Crippen LogP contribution < -0.4 is 10.5 Å². The number of likely N-dealkylation sites (N-methyl/N-ethyl adjacent to an activating group) is 1. The molecular weight excluding hydrogens is 360 g/mol. The van der Waals surface area contributed by atoms with E-state index in [0.717, 1.165) is 47.3 Å². The van der Waals surface area contributed by atoms with E-state index in [0.29, 0.717) is 17.6 Å². The van der Waals surface area contributed by atoms with Crippen molar-refractivity contribution in [1.82, 2.24) is 9.66 Å². The van der Waals surface area contributed by atoms with E-state index in [1.165, 1.54) is 15.9 Å². The predicted octanol–water partition coefficient (Wildman–Crippen LogP) is 2.96. The van der Waals surface area contributed by atoms with Crippen molar-refractivity contribution in [3.05, 3.63) is 57.0 Å². The van der Waals surface area contributed by atoms with Crippen molar-refractivity contribution >= 4 is 38.9 Å². The highest BCUT2D eigenvalue weighted by Gasteiger charge is 2.33. The van der Waals surface area contributed by atoms with Crippen LogP contribution in [0.2, 0.25) is 0 Å². The maximum atomic E-state index is 13.1. The van der Waals surface area contributed by atoms with E-state index < -0.39 is 0 Å². The number of nitrogens with zero attached hydrogens (tertiary/aromatic N) is 4. The first-order valence-corrected chi connectivity index (χ1v) is 10.0. The van der Waals surface area contributed by atoms with Crippen LogP contribution in [-0.4, -0.2) is 27.8 Å². The number of aromatic nitrogens is 2. The molecule has 0 fully saturated rings. The molecule has 2 aromatic heterocycles. The van der Waals surface area contributed by atoms with Crippen molar-refractivity contribution in [3.8, 4) is 0 Å². The molecule has 1 aromatic carbocycles. The molecule has 0 saturated heterocycles. The topological polar surface area (TPSA) is 67.6 Å². The number of anilines is 1. The lowest BCUT2D eigenvalue weighted by atomic mass is 9.97. The Hall–Kier alpha value is -2.80. The summed E-state index contributed by atoms with van der Waals surface area (Å²) in [6.07, 6.45) is 5.62. The van der Waals surface area contributed by atoms with E-state index in [1.807, 2.05) is 31.2 Å². The van der Waals surface area contributed by atoms with Gasteiger partial charge in [0.15, 0.2) is 5.71 Å². The average molecular weight is 378 g/mol. The van der Waals surface area contributed by atoms with E-state index in [1.54, 1.807) is 16.2 Å². The number of fused-ring (bicyclic) bond motifs is 4. The highest BCUT2D eigenvalue weighted by molar-refractivity contribution is 7.18. The van der Waals surface area contributed by atoms with Crippen molar-refractivity contribution in [2.45, 2.75) is 32.6 Å². The third-order valence-corrected chi connectivity index (χ3v) is 6.48. The zero-order chi connectivity index (χ0) is 18.5. The van der Waals surface area contributed by atoms with E-state index in [-0.39, 0.29) is 11.5 Å². The van der Waals surface area contributed by atoms with Gasteiger partial charge >= 0.3 is 0 Å². The number of amides is 1. The van der Waals surface area contributed by atoms with Crippen LogP contribution >= 0.6 is 11.3 Å². The van der Waals surface area contributed by atoms with Gasteiger partial charge < -0.3 is 4.90 Å². The van der Waals surface area contributed by atoms with Gasteiger partial charge in [0.25, 0.3) is 11.5 Å². The highest BCUT2D eigenvalue weighted by Crippen LogP contribution is 2.33. The summed E-state index contributed by atoms with van der Waals surface area (Å²) in [5.74, 6) is -0.182. The lowest BCUT2D eigenvalue weighted by molar-refractivity contribution is -0.112. The molecule has 0 saturated carbocycles. The smallest absolute Gasteiger partial charge is 0.282 e. The molecule has 0 spiro atoms. The second-order valence-electron chi connectivity index (χ2n) is 6.80. The number of hydrogen-bond acceptors (Lipinski definition) is 5. The van der Waals surface area contributed by atoms with Gasteiger partial charge in [-0.2, -0.15) is 9.78 Å². The normalized spacial score (nSPS) is 17.6. The minimum absolute atomic E-state index is 0.182. The SMILES string of the molecule is CCN1C(=O)/C(=N\n2cnc3sc4c(c3c2=O)CCCC4)c2ccccc21. The number of para-hydroxylation sites is 1. The first kappa shape index (κ1) is 16.4. The Morgan fingerprint density at radius 1 is 1.19 bits per heavy atom. The lowest BCUT2D eigenvalue weighted by Gasteiger charge is -2.12. The van der Waals surface area contributed by atoms with Crippen molar-refractivity contribution < 1.29 is 4.79 Å². The molecule has 1 amide bonds. The summed E-state index contributed by atoms with van der Waals surface area (Å²) in [5, 5.41) is 5.10. The maximum Gasteiger partial charge on any atom is 0.282 e. The molecule has 6 nitrogen and oxygen atoms in total. The van der Waals surface area contributed by atoms with Gasteiger partial charge in [0.1, 0.15) is 11.2 Å². The Labute approximate surface area is 159 Å². The summed E-state index contributed by atoms with van der Waals surface area (Å²) in [5.41, 5.74) is 2.82. The quantitative estimate of drug-likeness (QED) is 0.689. The number of hydrogen-bond donors (Lipinski definition) is 0. The number of thiophene rings is 1. The fourth-order valence-electron chi connectivity index (χ4n) is 3.99. The molecule has 0 radical (unpaired) electrons. The fourth-order valence-corrected chi connectivity index (χ4v) is 5.21. The Kier molecular flexibility index (Phi) is 3.72. The van der Waals surface area contributed by atoms with Gasteiger partial charge in [0, 0.05) is 17.0 Å². The summed E-state index contributed by atoms with van der Waals surface area (Å²) < 4.78 is 1.23. The van der Waals surface area contributed by atoms with Crippen molar-refractivity contribution in [2.75, 3.05) is 11.4 Å². The molecule has 0 unspecified atom stereocenters.